The Kier molecular flexibility index (Phi) is 4.74. The second kappa shape index (κ2) is 5.97. The molecule has 0 radical (unpaired) electrons. The van der Waals surface area contributed by atoms with Crippen molar-refractivity contribution < 1.29 is 8.42 Å². The SMILES string of the molecule is Cc1cc(C(C)(C)C)cc(S(=O)(=O)N2CCC(C)CC2)c1C. The van der Waals surface area contributed by atoms with Crippen LogP contribution >= 0.6 is 0 Å². The zero-order valence-electron chi connectivity index (χ0n) is 14.7. The molecular weight excluding hydrogens is 294 g/mol. The van der Waals surface area contributed by atoms with Crippen LogP contribution in [0.15, 0.2) is 17.0 Å². The van der Waals surface area contributed by atoms with Crippen molar-refractivity contribution in [2.45, 2.75) is 64.7 Å². The molecule has 0 bridgehead atoms. The highest BCUT2D eigenvalue weighted by Crippen LogP contribution is 2.31. The third kappa shape index (κ3) is 3.38. The fourth-order valence-corrected chi connectivity index (χ4v) is 4.69. The zero-order chi connectivity index (χ0) is 16.7. The number of hydrogen-bond acceptors (Lipinski definition) is 2. The van der Waals surface area contributed by atoms with Crippen molar-refractivity contribution >= 4 is 10.0 Å². The summed E-state index contributed by atoms with van der Waals surface area (Å²) in [4.78, 5) is 0.493. The standard InChI is InChI=1S/C18H29NO2S/c1-13-7-9-19(10-8-13)22(20,21)17-12-16(18(4,5)6)11-14(2)15(17)3/h11-13H,7-10H2,1-6H3. The number of piperidine rings is 1. The van der Waals surface area contributed by atoms with Gasteiger partial charge in [-0.1, -0.05) is 33.8 Å². The number of hydrogen-bond donors (Lipinski definition) is 0. The lowest BCUT2D eigenvalue weighted by Gasteiger charge is -2.31. The lowest BCUT2D eigenvalue weighted by atomic mass is 9.85. The molecule has 0 atom stereocenters. The molecule has 1 aliphatic rings. The molecule has 0 aliphatic carbocycles. The molecule has 0 N–H and O–H groups in total. The fourth-order valence-electron chi connectivity index (χ4n) is 2.89. The Morgan fingerprint density at radius 2 is 1.64 bits per heavy atom. The van der Waals surface area contributed by atoms with Crippen LogP contribution in [0.4, 0.5) is 0 Å². The number of benzene rings is 1. The first kappa shape index (κ1) is 17.5. The first-order chi connectivity index (χ1) is 10.0. The molecule has 1 aromatic carbocycles. The Balaban J connectivity index is 2.49. The topological polar surface area (TPSA) is 37.4 Å². The molecule has 4 heteroatoms. The number of aryl methyl sites for hydroxylation is 1. The quantitative estimate of drug-likeness (QED) is 0.824. The molecule has 0 saturated carbocycles. The first-order valence-corrected chi connectivity index (χ1v) is 9.59. The molecule has 1 heterocycles. The minimum Gasteiger partial charge on any atom is -0.207 e. The number of sulfonamides is 1. The first-order valence-electron chi connectivity index (χ1n) is 8.15. The van der Waals surface area contributed by atoms with E-state index in [-0.39, 0.29) is 5.41 Å². The van der Waals surface area contributed by atoms with Gasteiger partial charge < -0.3 is 0 Å². The van der Waals surface area contributed by atoms with Gasteiger partial charge in [0.15, 0.2) is 0 Å². The van der Waals surface area contributed by atoms with E-state index in [0.717, 1.165) is 29.5 Å². The van der Waals surface area contributed by atoms with Crippen molar-refractivity contribution in [1.29, 1.82) is 0 Å². The van der Waals surface area contributed by atoms with Crippen LogP contribution in [-0.4, -0.2) is 25.8 Å². The van der Waals surface area contributed by atoms with Crippen molar-refractivity contribution in [3.8, 4) is 0 Å². The molecule has 0 spiro atoms. The molecule has 22 heavy (non-hydrogen) atoms. The van der Waals surface area contributed by atoms with Crippen LogP contribution in [0, 0.1) is 19.8 Å². The molecule has 3 nitrogen and oxygen atoms in total. The average molecular weight is 324 g/mol. The summed E-state index contributed by atoms with van der Waals surface area (Å²) in [5, 5.41) is 0. The van der Waals surface area contributed by atoms with Gasteiger partial charge in [-0.15, -0.1) is 0 Å². The van der Waals surface area contributed by atoms with Gasteiger partial charge in [-0.25, -0.2) is 8.42 Å². The average Bonchev–Trinajstić information content (AvgIpc) is 2.40. The summed E-state index contributed by atoms with van der Waals surface area (Å²) in [5.74, 6) is 0.621. The van der Waals surface area contributed by atoms with E-state index < -0.39 is 10.0 Å². The molecule has 1 fully saturated rings. The number of nitrogens with zero attached hydrogens (tertiary/aromatic N) is 1. The highest BCUT2D eigenvalue weighted by Gasteiger charge is 2.30. The van der Waals surface area contributed by atoms with Gasteiger partial charge >= 0.3 is 0 Å². The maximum absolute atomic E-state index is 13.1. The fraction of sp³-hybridized carbons (Fsp3) is 0.667. The van der Waals surface area contributed by atoms with E-state index in [4.69, 9.17) is 0 Å². The normalized spacial score (nSPS) is 18.6. The Labute approximate surface area is 135 Å². The van der Waals surface area contributed by atoms with E-state index in [1.165, 1.54) is 0 Å². The summed E-state index contributed by atoms with van der Waals surface area (Å²) < 4.78 is 27.8. The van der Waals surface area contributed by atoms with E-state index in [1.54, 1.807) is 4.31 Å². The van der Waals surface area contributed by atoms with Gasteiger partial charge in [0.1, 0.15) is 0 Å². The van der Waals surface area contributed by atoms with Crippen molar-refractivity contribution in [2.24, 2.45) is 5.92 Å². The van der Waals surface area contributed by atoms with Crippen LogP contribution in [0.5, 0.6) is 0 Å². The molecule has 0 amide bonds. The van der Waals surface area contributed by atoms with Crippen LogP contribution in [0.1, 0.15) is 57.2 Å². The second-order valence-corrected chi connectivity index (χ2v) is 9.66. The molecule has 0 unspecified atom stereocenters. The van der Waals surface area contributed by atoms with Crippen molar-refractivity contribution in [3.63, 3.8) is 0 Å². The van der Waals surface area contributed by atoms with Crippen molar-refractivity contribution in [3.05, 3.63) is 28.8 Å². The van der Waals surface area contributed by atoms with Crippen LogP contribution in [-0.2, 0) is 15.4 Å². The number of rotatable bonds is 2. The summed E-state index contributed by atoms with van der Waals surface area (Å²) in [6.07, 6.45) is 1.91. The highest BCUT2D eigenvalue weighted by molar-refractivity contribution is 7.89. The predicted octanol–water partition coefficient (Wildman–Crippen LogP) is 4.02. The smallest absolute Gasteiger partial charge is 0.207 e. The monoisotopic (exact) mass is 323 g/mol. The van der Waals surface area contributed by atoms with Gasteiger partial charge in [-0.3, -0.25) is 0 Å². The zero-order valence-corrected chi connectivity index (χ0v) is 15.5. The maximum Gasteiger partial charge on any atom is 0.243 e. The van der Waals surface area contributed by atoms with Crippen LogP contribution in [0.3, 0.4) is 0 Å². The Bertz CT molecular complexity index is 648. The molecule has 2 rings (SSSR count). The Morgan fingerprint density at radius 3 is 2.14 bits per heavy atom. The van der Waals surface area contributed by atoms with Gasteiger partial charge in [0.05, 0.1) is 4.90 Å². The summed E-state index contributed by atoms with van der Waals surface area (Å²) in [7, 11) is -3.39. The summed E-state index contributed by atoms with van der Waals surface area (Å²) in [6, 6.07) is 4.00. The minimum absolute atomic E-state index is 0.0564. The molecule has 1 aromatic rings. The third-order valence-corrected chi connectivity index (χ3v) is 6.87. The van der Waals surface area contributed by atoms with Gasteiger partial charge in [-0.2, -0.15) is 4.31 Å². The van der Waals surface area contributed by atoms with E-state index in [9.17, 15) is 8.42 Å². The molecule has 0 aromatic heterocycles. The summed E-state index contributed by atoms with van der Waals surface area (Å²) in [5.41, 5.74) is 2.96. The molecule has 1 aliphatic heterocycles. The summed E-state index contributed by atoms with van der Waals surface area (Å²) >= 11 is 0. The van der Waals surface area contributed by atoms with Crippen LogP contribution < -0.4 is 0 Å². The van der Waals surface area contributed by atoms with E-state index >= 15 is 0 Å². The van der Waals surface area contributed by atoms with Gasteiger partial charge in [-0.05, 0) is 60.8 Å². The van der Waals surface area contributed by atoms with Crippen molar-refractivity contribution in [2.75, 3.05) is 13.1 Å². The molecule has 124 valence electrons. The lowest BCUT2D eigenvalue weighted by Crippen LogP contribution is -2.38. The second-order valence-electron chi connectivity index (χ2n) is 7.75. The van der Waals surface area contributed by atoms with E-state index in [0.29, 0.717) is 23.9 Å². The molecule has 1 saturated heterocycles. The third-order valence-electron chi connectivity index (χ3n) is 4.85. The van der Waals surface area contributed by atoms with Gasteiger partial charge in [0.2, 0.25) is 10.0 Å². The lowest BCUT2D eigenvalue weighted by molar-refractivity contribution is 0.288. The Hall–Kier alpha value is -0.870. The minimum atomic E-state index is -3.39. The highest BCUT2D eigenvalue weighted by atomic mass is 32.2. The Morgan fingerprint density at radius 1 is 1.09 bits per heavy atom. The molecular formula is C18H29NO2S. The summed E-state index contributed by atoms with van der Waals surface area (Å²) in [6.45, 7) is 13.8. The van der Waals surface area contributed by atoms with Crippen LogP contribution in [0.25, 0.3) is 0 Å². The van der Waals surface area contributed by atoms with E-state index in [1.807, 2.05) is 19.9 Å². The maximum atomic E-state index is 13.1. The van der Waals surface area contributed by atoms with Crippen LogP contribution in [0.2, 0.25) is 0 Å². The van der Waals surface area contributed by atoms with E-state index in [2.05, 4.69) is 33.8 Å². The van der Waals surface area contributed by atoms with Gasteiger partial charge in [0.25, 0.3) is 0 Å². The largest absolute Gasteiger partial charge is 0.243 e. The predicted molar refractivity (Wildman–Crippen MR) is 91.8 cm³/mol. The van der Waals surface area contributed by atoms with Crippen molar-refractivity contribution in [1.82, 2.24) is 4.31 Å². The van der Waals surface area contributed by atoms with Gasteiger partial charge in [0, 0.05) is 13.1 Å².